The van der Waals surface area contributed by atoms with Crippen LogP contribution in [0, 0.1) is 25.5 Å². The fourth-order valence-electron chi connectivity index (χ4n) is 3.00. The number of amides is 1. The molecule has 142 valence electrons. The summed E-state index contributed by atoms with van der Waals surface area (Å²) in [4.78, 5) is 19.9. The zero-order valence-corrected chi connectivity index (χ0v) is 16.4. The maximum Gasteiger partial charge on any atom is 0.260 e. The summed E-state index contributed by atoms with van der Waals surface area (Å²) in [6, 6.07) is 8.23. The number of benzene rings is 2. The molecular formula is C20H14BrF2N3O2. The third-order valence-electron chi connectivity index (χ3n) is 4.34. The van der Waals surface area contributed by atoms with E-state index >= 15 is 0 Å². The highest BCUT2D eigenvalue weighted by atomic mass is 79.9. The van der Waals surface area contributed by atoms with Gasteiger partial charge in [0, 0.05) is 5.69 Å². The predicted molar refractivity (Wildman–Crippen MR) is 105 cm³/mol. The first-order valence-electron chi connectivity index (χ1n) is 8.35. The Kier molecular flexibility index (Phi) is 4.50. The first-order valence-corrected chi connectivity index (χ1v) is 9.15. The monoisotopic (exact) mass is 445 g/mol. The lowest BCUT2D eigenvalue weighted by atomic mass is 10.2. The largest absolute Gasteiger partial charge is 0.465 e. The molecule has 0 aliphatic carbocycles. The van der Waals surface area contributed by atoms with E-state index in [9.17, 15) is 13.6 Å². The zero-order chi connectivity index (χ0) is 20.0. The van der Waals surface area contributed by atoms with Crippen molar-refractivity contribution in [1.82, 2.24) is 9.97 Å². The Hall–Kier alpha value is -3.00. The molecule has 0 atom stereocenters. The van der Waals surface area contributed by atoms with Gasteiger partial charge in [-0.15, -0.1) is 0 Å². The number of rotatable bonds is 3. The minimum atomic E-state index is -0.579. The molecule has 8 heteroatoms. The summed E-state index contributed by atoms with van der Waals surface area (Å²) >= 11 is 3.36. The van der Waals surface area contributed by atoms with Crippen molar-refractivity contribution in [3.63, 3.8) is 0 Å². The van der Waals surface area contributed by atoms with E-state index in [1.54, 1.807) is 32.0 Å². The Balaban J connectivity index is 1.67. The number of fused-ring (bicyclic) bond motifs is 1. The van der Waals surface area contributed by atoms with Crippen LogP contribution < -0.4 is 5.32 Å². The van der Waals surface area contributed by atoms with Crippen LogP contribution in [0.2, 0.25) is 0 Å². The number of aryl methyl sites for hydroxylation is 2. The quantitative estimate of drug-likeness (QED) is 0.422. The number of anilines is 1. The molecule has 0 aliphatic heterocycles. The number of hydrogen-bond donors (Lipinski definition) is 2. The standard InChI is InChI=1S/C20H14BrF2N3O2/c1-9-17(18(21)10(2)28-9)20(27)24-12-4-6-15-16(8-12)26-19(25-15)13-7-11(22)3-5-14(13)23/h3-8H,1-2H3,(H,24,27)(H,25,26). The van der Waals surface area contributed by atoms with E-state index in [0.29, 0.717) is 38.3 Å². The van der Waals surface area contributed by atoms with Gasteiger partial charge in [0.25, 0.3) is 5.91 Å². The Morgan fingerprint density at radius 1 is 1.14 bits per heavy atom. The molecule has 4 aromatic rings. The number of furan rings is 1. The topological polar surface area (TPSA) is 70.9 Å². The van der Waals surface area contributed by atoms with Gasteiger partial charge in [0.05, 0.1) is 26.6 Å². The maximum atomic E-state index is 14.0. The summed E-state index contributed by atoms with van der Waals surface area (Å²) in [7, 11) is 0. The number of carbonyl (C=O) groups excluding carboxylic acids is 1. The second kappa shape index (κ2) is 6.87. The molecular weight excluding hydrogens is 432 g/mol. The van der Waals surface area contributed by atoms with E-state index in [2.05, 4.69) is 31.2 Å². The summed E-state index contributed by atoms with van der Waals surface area (Å²) in [5, 5.41) is 2.80. The maximum absolute atomic E-state index is 14.0. The van der Waals surface area contributed by atoms with Crippen LogP contribution in [0.5, 0.6) is 0 Å². The Morgan fingerprint density at radius 3 is 2.64 bits per heavy atom. The van der Waals surface area contributed by atoms with E-state index in [1.165, 1.54) is 0 Å². The predicted octanol–water partition coefficient (Wildman–Crippen LogP) is 5.73. The smallest absolute Gasteiger partial charge is 0.260 e. The summed E-state index contributed by atoms with van der Waals surface area (Å²) in [6.45, 7) is 3.47. The second-order valence-corrected chi connectivity index (χ2v) is 7.09. The average Bonchev–Trinajstić information content (AvgIpc) is 3.17. The highest BCUT2D eigenvalue weighted by Crippen LogP contribution is 2.29. The number of nitrogens with one attached hydrogen (secondary N) is 2. The number of hydrogen-bond acceptors (Lipinski definition) is 3. The minimum absolute atomic E-state index is 0.0372. The number of aromatic nitrogens is 2. The van der Waals surface area contributed by atoms with Crippen LogP contribution in [-0.2, 0) is 0 Å². The Labute approximate surface area is 166 Å². The minimum Gasteiger partial charge on any atom is -0.465 e. The summed E-state index contributed by atoms with van der Waals surface area (Å²) in [6.07, 6.45) is 0. The highest BCUT2D eigenvalue weighted by Gasteiger charge is 2.20. The molecule has 0 fully saturated rings. The molecule has 2 aromatic heterocycles. The van der Waals surface area contributed by atoms with Crippen molar-refractivity contribution >= 4 is 38.6 Å². The zero-order valence-electron chi connectivity index (χ0n) is 14.9. The lowest BCUT2D eigenvalue weighted by Gasteiger charge is -2.05. The van der Waals surface area contributed by atoms with Gasteiger partial charge in [-0.3, -0.25) is 4.79 Å². The number of carbonyl (C=O) groups is 1. The molecule has 0 unspecified atom stereocenters. The SMILES string of the molecule is Cc1oc(C)c(C(=O)Nc2ccc3nc(-c4cc(F)ccc4F)[nH]c3c2)c1Br. The van der Waals surface area contributed by atoms with Crippen LogP contribution in [0.3, 0.4) is 0 Å². The lowest BCUT2D eigenvalue weighted by Crippen LogP contribution is -2.12. The summed E-state index contributed by atoms with van der Waals surface area (Å²) in [5.74, 6) is -0.122. The number of aromatic amines is 1. The molecule has 0 saturated carbocycles. The number of H-pyrrole nitrogens is 1. The molecule has 0 saturated heterocycles. The second-order valence-electron chi connectivity index (χ2n) is 6.30. The van der Waals surface area contributed by atoms with Gasteiger partial charge in [0.15, 0.2) is 0 Å². The summed E-state index contributed by atoms with van der Waals surface area (Å²) in [5.41, 5.74) is 2.13. The average molecular weight is 446 g/mol. The first kappa shape index (κ1) is 18.4. The molecule has 5 nitrogen and oxygen atoms in total. The fraction of sp³-hybridized carbons (Fsp3) is 0.100. The molecule has 0 spiro atoms. The van der Waals surface area contributed by atoms with Crippen molar-refractivity contribution in [3.8, 4) is 11.4 Å². The third-order valence-corrected chi connectivity index (χ3v) is 5.29. The van der Waals surface area contributed by atoms with Crippen molar-refractivity contribution in [2.24, 2.45) is 0 Å². The van der Waals surface area contributed by atoms with E-state index in [-0.39, 0.29) is 17.3 Å². The van der Waals surface area contributed by atoms with Crippen LogP contribution >= 0.6 is 15.9 Å². The first-order chi connectivity index (χ1) is 13.3. The van der Waals surface area contributed by atoms with Crippen molar-refractivity contribution < 1.29 is 18.0 Å². The van der Waals surface area contributed by atoms with E-state index in [0.717, 1.165) is 18.2 Å². The van der Waals surface area contributed by atoms with Crippen LogP contribution in [0.25, 0.3) is 22.4 Å². The molecule has 1 amide bonds. The van der Waals surface area contributed by atoms with E-state index in [4.69, 9.17) is 4.42 Å². The van der Waals surface area contributed by atoms with E-state index < -0.39 is 11.6 Å². The third kappa shape index (κ3) is 3.20. The van der Waals surface area contributed by atoms with Crippen molar-refractivity contribution in [2.45, 2.75) is 13.8 Å². The molecule has 2 N–H and O–H groups in total. The van der Waals surface area contributed by atoms with E-state index in [1.807, 2.05) is 0 Å². The van der Waals surface area contributed by atoms with Crippen LogP contribution in [0.15, 0.2) is 45.3 Å². The van der Waals surface area contributed by atoms with Gasteiger partial charge in [-0.25, -0.2) is 13.8 Å². The number of imidazole rings is 1. The van der Waals surface area contributed by atoms with Crippen molar-refractivity contribution in [3.05, 3.63) is 69.6 Å². The van der Waals surface area contributed by atoms with Gasteiger partial charge < -0.3 is 14.7 Å². The summed E-state index contributed by atoms with van der Waals surface area (Å²) < 4.78 is 33.5. The van der Waals surface area contributed by atoms with Crippen molar-refractivity contribution in [2.75, 3.05) is 5.32 Å². The van der Waals surface area contributed by atoms with Crippen LogP contribution in [0.4, 0.5) is 14.5 Å². The van der Waals surface area contributed by atoms with Gasteiger partial charge in [0.2, 0.25) is 0 Å². The molecule has 2 aromatic carbocycles. The molecule has 0 bridgehead atoms. The van der Waals surface area contributed by atoms with Gasteiger partial charge in [-0.05, 0) is 66.2 Å². The number of nitrogens with zero attached hydrogens (tertiary/aromatic N) is 1. The van der Waals surface area contributed by atoms with Crippen molar-refractivity contribution in [1.29, 1.82) is 0 Å². The molecule has 4 rings (SSSR count). The van der Waals surface area contributed by atoms with Gasteiger partial charge >= 0.3 is 0 Å². The molecule has 0 radical (unpaired) electrons. The highest BCUT2D eigenvalue weighted by molar-refractivity contribution is 9.10. The Bertz CT molecular complexity index is 1230. The Morgan fingerprint density at radius 2 is 1.93 bits per heavy atom. The number of halogens is 3. The van der Waals surface area contributed by atoms with Gasteiger partial charge in [-0.2, -0.15) is 0 Å². The molecule has 2 heterocycles. The van der Waals surface area contributed by atoms with Crippen LogP contribution in [0.1, 0.15) is 21.9 Å². The molecule has 0 aliphatic rings. The molecule has 28 heavy (non-hydrogen) atoms. The van der Waals surface area contributed by atoms with Gasteiger partial charge in [0.1, 0.15) is 29.0 Å². The normalized spacial score (nSPS) is 11.2. The van der Waals surface area contributed by atoms with Gasteiger partial charge in [-0.1, -0.05) is 0 Å². The fourth-order valence-corrected chi connectivity index (χ4v) is 3.54. The lowest BCUT2D eigenvalue weighted by molar-refractivity contribution is 0.102. The van der Waals surface area contributed by atoms with Crippen LogP contribution in [-0.4, -0.2) is 15.9 Å².